The minimum Gasteiger partial charge on any atom is -0.455 e. The number of nitrogens with zero attached hydrogens (tertiary/aromatic N) is 3. The molecule has 0 radical (unpaired) electrons. The minimum absolute atomic E-state index is 0.0952. The molecular formula is C43H47N3O7. The molecule has 10 heteroatoms. The quantitative estimate of drug-likeness (QED) is 0.286. The molecule has 0 aromatic heterocycles. The van der Waals surface area contributed by atoms with Crippen LogP contribution in [0.15, 0.2) is 103 Å². The summed E-state index contributed by atoms with van der Waals surface area (Å²) in [5, 5.41) is 11.0. The standard InChI is InChI=1S/C43H47N3O7/c1-27-20-21-28(2)33(24-27)45-23-13-22-43-37(40(49)46(39(43)41(45)50)32(26-47)25-30-14-7-5-8-15-30)36-34(53-43)18-11-12-19-35(48)44(4)29(3)38(52-42(36)51)31-16-9-6-10-17-31/h5-11,13-18,20-22,24,29,32,34,36-39,47H,12,19,23,25-26H2,1-4H3/b18-11-/t29-,32-,34-,36+,37+,38+,39-,43+/m1/s1. The maximum Gasteiger partial charge on any atom is 0.313 e. The smallest absolute Gasteiger partial charge is 0.313 e. The minimum atomic E-state index is -1.55. The summed E-state index contributed by atoms with van der Waals surface area (Å²) >= 11 is 0. The van der Waals surface area contributed by atoms with Crippen molar-refractivity contribution in [3.05, 3.63) is 125 Å². The van der Waals surface area contributed by atoms with Gasteiger partial charge in [0.25, 0.3) is 5.91 Å². The van der Waals surface area contributed by atoms with E-state index in [1.54, 1.807) is 29.0 Å². The van der Waals surface area contributed by atoms with Gasteiger partial charge >= 0.3 is 5.97 Å². The molecule has 10 nitrogen and oxygen atoms in total. The number of hydrogen-bond donors (Lipinski definition) is 1. The van der Waals surface area contributed by atoms with Gasteiger partial charge in [0, 0.05) is 25.7 Å². The van der Waals surface area contributed by atoms with Crippen LogP contribution in [-0.4, -0.2) is 88.6 Å². The van der Waals surface area contributed by atoms with Crippen molar-refractivity contribution in [3.63, 3.8) is 0 Å². The Balaban J connectivity index is 1.36. The molecule has 4 aliphatic heterocycles. The zero-order chi connectivity index (χ0) is 37.4. The van der Waals surface area contributed by atoms with Crippen LogP contribution in [0.1, 0.15) is 48.1 Å². The zero-order valence-electron chi connectivity index (χ0n) is 30.6. The summed E-state index contributed by atoms with van der Waals surface area (Å²) in [5.41, 5.74) is 2.63. The first-order valence-electron chi connectivity index (χ1n) is 18.4. The predicted molar refractivity (Wildman–Crippen MR) is 200 cm³/mol. The Morgan fingerprint density at radius 2 is 1.64 bits per heavy atom. The number of aliphatic hydroxyl groups excluding tert-OH is 1. The van der Waals surface area contributed by atoms with Crippen LogP contribution in [0.4, 0.5) is 5.69 Å². The van der Waals surface area contributed by atoms with Gasteiger partial charge in [0.2, 0.25) is 11.8 Å². The summed E-state index contributed by atoms with van der Waals surface area (Å²) in [6.45, 7) is 5.56. The molecule has 2 fully saturated rings. The number of rotatable bonds is 6. The summed E-state index contributed by atoms with van der Waals surface area (Å²) in [5.74, 6) is -3.81. The summed E-state index contributed by atoms with van der Waals surface area (Å²) in [6.07, 6.45) is 6.34. The first kappa shape index (κ1) is 36.3. The van der Waals surface area contributed by atoms with Crippen molar-refractivity contribution in [2.75, 3.05) is 25.1 Å². The Bertz CT molecular complexity index is 1930. The highest BCUT2D eigenvalue weighted by molar-refractivity contribution is 6.06. The molecule has 276 valence electrons. The van der Waals surface area contributed by atoms with E-state index < -0.39 is 66.3 Å². The normalized spacial score (nSPS) is 30.1. The van der Waals surface area contributed by atoms with E-state index in [-0.39, 0.29) is 31.2 Å². The highest BCUT2D eigenvalue weighted by Crippen LogP contribution is 2.54. The van der Waals surface area contributed by atoms with Crippen LogP contribution in [0.2, 0.25) is 0 Å². The molecule has 0 saturated carbocycles. The molecule has 0 bridgehead atoms. The average molecular weight is 718 g/mol. The molecule has 1 N–H and O–H groups in total. The Labute approximate surface area is 310 Å². The van der Waals surface area contributed by atoms with Crippen molar-refractivity contribution >= 4 is 29.4 Å². The van der Waals surface area contributed by atoms with E-state index in [9.17, 15) is 14.7 Å². The van der Waals surface area contributed by atoms with E-state index in [1.807, 2.05) is 112 Å². The lowest BCUT2D eigenvalue weighted by Crippen LogP contribution is -2.58. The summed E-state index contributed by atoms with van der Waals surface area (Å²) < 4.78 is 13.3. The number of anilines is 1. The highest BCUT2D eigenvalue weighted by Gasteiger charge is 2.72. The Morgan fingerprint density at radius 3 is 2.36 bits per heavy atom. The maximum atomic E-state index is 15.2. The summed E-state index contributed by atoms with van der Waals surface area (Å²) in [7, 11) is 1.71. The number of ether oxygens (including phenoxy) is 2. The van der Waals surface area contributed by atoms with Gasteiger partial charge in [-0.05, 0) is 61.9 Å². The third kappa shape index (κ3) is 6.48. The van der Waals surface area contributed by atoms with Crippen LogP contribution in [0.5, 0.6) is 0 Å². The predicted octanol–water partition coefficient (Wildman–Crippen LogP) is 4.87. The molecule has 0 aliphatic carbocycles. The van der Waals surface area contributed by atoms with Crippen molar-refractivity contribution in [3.8, 4) is 0 Å². The number of fused-ring (bicyclic) bond motifs is 2. The highest BCUT2D eigenvalue weighted by atomic mass is 16.6. The van der Waals surface area contributed by atoms with E-state index in [2.05, 4.69) is 0 Å². The van der Waals surface area contributed by atoms with Gasteiger partial charge in [0.1, 0.15) is 23.7 Å². The summed E-state index contributed by atoms with van der Waals surface area (Å²) in [4.78, 5) is 63.2. The Kier molecular flexibility index (Phi) is 10.1. The fourth-order valence-electron chi connectivity index (χ4n) is 8.58. The number of hydrogen-bond acceptors (Lipinski definition) is 7. The van der Waals surface area contributed by atoms with Crippen molar-refractivity contribution in [2.45, 2.75) is 76.0 Å². The number of aliphatic hydroxyl groups is 1. The molecule has 7 rings (SSSR count). The number of esters is 1. The van der Waals surface area contributed by atoms with Gasteiger partial charge in [-0.1, -0.05) is 97.1 Å². The third-order valence-corrected chi connectivity index (χ3v) is 11.4. The molecule has 8 atom stereocenters. The van der Waals surface area contributed by atoms with E-state index in [0.29, 0.717) is 17.7 Å². The van der Waals surface area contributed by atoms with E-state index >= 15 is 9.59 Å². The van der Waals surface area contributed by atoms with Gasteiger partial charge in [-0.25, -0.2) is 0 Å². The molecule has 0 unspecified atom stereocenters. The number of likely N-dealkylation sites (N-methyl/N-ethyl adjacent to an activating group) is 1. The van der Waals surface area contributed by atoms with Crippen molar-refractivity contribution < 1.29 is 33.8 Å². The van der Waals surface area contributed by atoms with Crippen LogP contribution in [0.25, 0.3) is 0 Å². The second-order valence-electron chi connectivity index (χ2n) is 14.7. The first-order chi connectivity index (χ1) is 25.6. The number of carbonyl (C=O) groups is 4. The van der Waals surface area contributed by atoms with Gasteiger partial charge in [-0.15, -0.1) is 0 Å². The Morgan fingerprint density at radius 1 is 0.925 bits per heavy atom. The van der Waals surface area contributed by atoms with Gasteiger partial charge in [-0.2, -0.15) is 0 Å². The second kappa shape index (κ2) is 14.8. The molecule has 3 amide bonds. The topological polar surface area (TPSA) is 117 Å². The lowest BCUT2D eigenvalue weighted by molar-refractivity contribution is -0.164. The van der Waals surface area contributed by atoms with E-state index in [0.717, 1.165) is 16.7 Å². The number of aryl methyl sites for hydroxylation is 2. The molecule has 1 spiro atoms. The van der Waals surface area contributed by atoms with Gasteiger partial charge < -0.3 is 29.3 Å². The van der Waals surface area contributed by atoms with Crippen molar-refractivity contribution in [2.24, 2.45) is 11.8 Å². The van der Waals surface area contributed by atoms with Crippen LogP contribution >= 0.6 is 0 Å². The largest absolute Gasteiger partial charge is 0.455 e. The van der Waals surface area contributed by atoms with Crippen LogP contribution in [0.3, 0.4) is 0 Å². The monoisotopic (exact) mass is 717 g/mol. The number of likely N-dealkylation sites (tertiary alicyclic amines) is 1. The average Bonchev–Trinajstić information content (AvgIpc) is 3.56. The molecule has 3 aromatic rings. The number of amides is 3. The molecule has 53 heavy (non-hydrogen) atoms. The molecular weight excluding hydrogens is 670 g/mol. The van der Waals surface area contributed by atoms with Crippen LogP contribution in [-0.2, 0) is 35.1 Å². The molecule has 2 saturated heterocycles. The van der Waals surface area contributed by atoms with Crippen molar-refractivity contribution in [1.29, 1.82) is 0 Å². The van der Waals surface area contributed by atoms with Crippen LogP contribution < -0.4 is 4.90 Å². The summed E-state index contributed by atoms with van der Waals surface area (Å²) in [6, 6.07) is 22.2. The fourth-order valence-corrected chi connectivity index (χ4v) is 8.58. The number of carbonyl (C=O) groups excluding carboxylic acids is 4. The second-order valence-corrected chi connectivity index (χ2v) is 14.7. The Hall–Kier alpha value is -5.06. The van der Waals surface area contributed by atoms with E-state index in [4.69, 9.17) is 9.47 Å². The van der Waals surface area contributed by atoms with Crippen LogP contribution in [0, 0.1) is 25.7 Å². The third-order valence-electron chi connectivity index (χ3n) is 11.4. The van der Waals surface area contributed by atoms with E-state index in [1.165, 1.54) is 4.90 Å². The molecule has 3 aromatic carbocycles. The lowest BCUT2D eigenvalue weighted by Gasteiger charge is -2.39. The first-order valence-corrected chi connectivity index (χ1v) is 18.4. The zero-order valence-corrected chi connectivity index (χ0v) is 30.6. The number of allylic oxidation sites excluding steroid dienone is 1. The SMILES string of the molecule is Cc1ccc(C)c(N2CC=C[C@]34O[C@@H]5/C=C\CCC(=O)N(C)[C@H](C)[C@@H](c6ccccc6)OC(=O)[C@@H]5[C@H]3C(=O)N([C@@H](CO)Cc3ccccc3)[C@@H]4C2=O)c1. The van der Waals surface area contributed by atoms with Gasteiger partial charge in [0.15, 0.2) is 0 Å². The van der Waals surface area contributed by atoms with Gasteiger partial charge in [-0.3, -0.25) is 19.2 Å². The fraction of sp³-hybridized carbons (Fsp3) is 0.395. The number of benzene rings is 3. The molecule has 4 aliphatic rings. The molecule has 4 heterocycles. The van der Waals surface area contributed by atoms with Gasteiger partial charge in [0.05, 0.1) is 30.7 Å². The number of cyclic esters (lactones) is 1. The van der Waals surface area contributed by atoms with Crippen molar-refractivity contribution in [1.82, 2.24) is 9.80 Å². The maximum absolute atomic E-state index is 15.2. The lowest BCUT2D eigenvalue weighted by atomic mass is 9.77.